The number of benzene rings is 2. The predicted molar refractivity (Wildman–Crippen MR) is 75.0 cm³/mol. The van der Waals surface area contributed by atoms with Crippen molar-refractivity contribution in [3.63, 3.8) is 0 Å². The summed E-state index contributed by atoms with van der Waals surface area (Å²) in [5.74, 6) is 0. The third-order valence-electron chi connectivity index (χ3n) is 2.57. The molecule has 3 heteroatoms. The molecular weight excluding hydrogens is 253 g/mol. The summed E-state index contributed by atoms with van der Waals surface area (Å²) in [4.78, 5) is 0. The molecule has 0 amide bonds. The molecule has 2 aromatic carbocycles. The topological polar surface area (TPSA) is 12.0 Å². The minimum Gasteiger partial charge on any atom is -0.380 e. The van der Waals surface area contributed by atoms with Gasteiger partial charge in [0.05, 0.1) is 10.7 Å². The van der Waals surface area contributed by atoms with Crippen LogP contribution in [0.15, 0.2) is 42.5 Å². The molecular formula is C14H13Cl2N. The van der Waals surface area contributed by atoms with Crippen molar-refractivity contribution >= 4 is 28.9 Å². The van der Waals surface area contributed by atoms with Gasteiger partial charge >= 0.3 is 0 Å². The summed E-state index contributed by atoms with van der Waals surface area (Å²) in [5, 5.41) is 4.70. The van der Waals surface area contributed by atoms with Crippen LogP contribution in [0.3, 0.4) is 0 Å². The molecule has 0 atom stereocenters. The zero-order chi connectivity index (χ0) is 12.3. The van der Waals surface area contributed by atoms with E-state index in [1.165, 1.54) is 5.56 Å². The molecule has 88 valence electrons. The highest BCUT2D eigenvalue weighted by Gasteiger charge is 2.04. The third-order valence-corrected chi connectivity index (χ3v) is 3.29. The van der Waals surface area contributed by atoms with Gasteiger partial charge in [0.1, 0.15) is 0 Å². The van der Waals surface area contributed by atoms with E-state index in [-0.39, 0.29) is 0 Å². The lowest BCUT2D eigenvalue weighted by Gasteiger charge is -2.10. The first-order valence-corrected chi connectivity index (χ1v) is 6.16. The summed E-state index contributed by atoms with van der Waals surface area (Å²) in [5.41, 5.74) is 3.06. The molecule has 0 aromatic heterocycles. The van der Waals surface area contributed by atoms with Crippen molar-refractivity contribution in [3.05, 3.63) is 63.6 Å². The lowest BCUT2D eigenvalue weighted by atomic mass is 10.2. The zero-order valence-corrected chi connectivity index (χ0v) is 11.0. The summed E-state index contributed by atoms with van der Waals surface area (Å²) >= 11 is 12.2. The Hall–Kier alpha value is -1.18. The Morgan fingerprint density at radius 1 is 1.00 bits per heavy atom. The molecule has 0 unspecified atom stereocenters. The fourth-order valence-electron chi connectivity index (χ4n) is 1.57. The van der Waals surface area contributed by atoms with Gasteiger partial charge < -0.3 is 5.32 Å². The molecule has 17 heavy (non-hydrogen) atoms. The highest BCUT2D eigenvalue weighted by atomic mass is 35.5. The van der Waals surface area contributed by atoms with Crippen molar-refractivity contribution < 1.29 is 0 Å². The first-order valence-electron chi connectivity index (χ1n) is 5.40. The second-order valence-electron chi connectivity index (χ2n) is 3.92. The molecule has 0 radical (unpaired) electrons. The molecule has 0 aliphatic rings. The molecule has 0 aliphatic heterocycles. The molecule has 0 saturated heterocycles. The number of halogens is 2. The molecule has 0 aliphatic carbocycles. The van der Waals surface area contributed by atoms with Crippen LogP contribution in [-0.4, -0.2) is 0 Å². The molecule has 0 fully saturated rings. The highest BCUT2D eigenvalue weighted by Crippen LogP contribution is 2.29. The van der Waals surface area contributed by atoms with Gasteiger partial charge in [-0.25, -0.2) is 0 Å². The number of aryl methyl sites for hydroxylation is 1. The molecule has 0 saturated carbocycles. The van der Waals surface area contributed by atoms with E-state index < -0.39 is 0 Å². The molecule has 1 N–H and O–H groups in total. The van der Waals surface area contributed by atoms with Gasteiger partial charge in [0.15, 0.2) is 0 Å². The Labute approximate surface area is 111 Å². The Morgan fingerprint density at radius 2 is 1.71 bits per heavy atom. The second kappa shape index (κ2) is 5.44. The van der Waals surface area contributed by atoms with Gasteiger partial charge in [-0.2, -0.15) is 0 Å². The van der Waals surface area contributed by atoms with Crippen molar-refractivity contribution in [2.75, 3.05) is 5.32 Å². The largest absolute Gasteiger partial charge is 0.380 e. The Balaban J connectivity index is 2.12. The number of nitrogens with one attached hydrogen (secondary N) is 1. The van der Waals surface area contributed by atoms with Crippen molar-refractivity contribution in [1.82, 2.24) is 0 Å². The van der Waals surface area contributed by atoms with E-state index in [1.54, 1.807) is 0 Å². The van der Waals surface area contributed by atoms with Crippen molar-refractivity contribution in [1.29, 1.82) is 0 Å². The highest BCUT2D eigenvalue weighted by molar-refractivity contribution is 6.35. The Kier molecular flexibility index (Phi) is 3.93. The van der Waals surface area contributed by atoms with Crippen molar-refractivity contribution in [2.24, 2.45) is 0 Å². The Morgan fingerprint density at radius 3 is 2.41 bits per heavy atom. The van der Waals surface area contributed by atoms with Crippen LogP contribution in [-0.2, 0) is 6.54 Å². The normalized spacial score (nSPS) is 10.3. The minimum atomic E-state index is 0.697. The van der Waals surface area contributed by atoms with E-state index >= 15 is 0 Å². The standard InChI is InChI=1S/C14H13Cl2N/c1-10-7-13(16)14(8-12(10)15)17-9-11-5-3-2-4-6-11/h2-8,17H,9H2,1H3. The second-order valence-corrected chi connectivity index (χ2v) is 4.73. The molecule has 0 heterocycles. The smallest absolute Gasteiger partial charge is 0.0641 e. The van der Waals surface area contributed by atoms with Crippen molar-refractivity contribution in [2.45, 2.75) is 13.5 Å². The molecule has 2 rings (SSSR count). The van der Waals surface area contributed by atoms with Gasteiger partial charge in [-0.3, -0.25) is 0 Å². The fourth-order valence-corrected chi connectivity index (χ4v) is 2.02. The van der Waals surface area contributed by atoms with E-state index in [0.717, 1.165) is 22.8 Å². The summed E-state index contributed by atoms with van der Waals surface area (Å²) in [6.45, 7) is 2.68. The maximum atomic E-state index is 6.15. The van der Waals surface area contributed by atoms with Gasteiger partial charge in [-0.15, -0.1) is 0 Å². The molecule has 1 nitrogen and oxygen atoms in total. The van der Waals surface area contributed by atoms with E-state index in [1.807, 2.05) is 37.3 Å². The molecule has 0 bridgehead atoms. The van der Waals surface area contributed by atoms with Gasteiger partial charge in [0.25, 0.3) is 0 Å². The average molecular weight is 266 g/mol. The predicted octanol–water partition coefficient (Wildman–Crippen LogP) is 4.91. The van der Waals surface area contributed by atoms with Crippen LogP contribution in [0.5, 0.6) is 0 Å². The number of rotatable bonds is 3. The van der Waals surface area contributed by atoms with Crippen LogP contribution in [0.1, 0.15) is 11.1 Å². The first kappa shape index (κ1) is 12.3. The number of hydrogen-bond donors (Lipinski definition) is 1. The average Bonchev–Trinajstić information content (AvgIpc) is 2.33. The van der Waals surface area contributed by atoms with E-state index in [9.17, 15) is 0 Å². The quantitative estimate of drug-likeness (QED) is 0.831. The van der Waals surface area contributed by atoms with Crippen LogP contribution >= 0.6 is 23.2 Å². The van der Waals surface area contributed by atoms with Gasteiger partial charge in [0, 0.05) is 11.6 Å². The summed E-state index contributed by atoms with van der Waals surface area (Å²) in [6, 6.07) is 13.9. The maximum Gasteiger partial charge on any atom is 0.0641 e. The number of anilines is 1. The molecule has 0 spiro atoms. The van der Waals surface area contributed by atoms with Crippen LogP contribution in [0.2, 0.25) is 10.0 Å². The SMILES string of the molecule is Cc1cc(Cl)c(NCc2ccccc2)cc1Cl. The number of hydrogen-bond acceptors (Lipinski definition) is 1. The van der Waals surface area contributed by atoms with E-state index in [0.29, 0.717) is 5.02 Å². The summed E-state index contributed by atoms with van der Waals surface area (Å²) in [6.07, 6.45) is 0. The van der Waals surface area contributed by atoms with Gasteiger partial charge in [0.2, 0.25) is 0 Å². The van der Waals surface area contributed by atoms with Crippen LogP contribution < -0.4 is 5.32 Å². The fraction of sp³-hybridized carbons (Fsp3) is 0.143. The maximum absolute atomic E-state index is 6.15. The van der Waals surface area contributed by atoms with Crippen LogP contribution in [0.25, 0.3) is 0 Å². The van der Waals surface area contributed by atoms with Gasteiger partial charge in [-0.05, 0) is 30.2 Å². The minimum absolute atomic E-state index is 0.697. The van der Waals surface area contributed by atoms with E-state index in [4.69, 9.17) is 23.2 Å². The van der Waals surface area contributed by atoms with E-state index in [2.05, 4.69) is 17.4 Å². The first-order chi connectivity index (χ1) is 8.16. The lowest BCUT2D eigenvalue weighted by molar-refractivity contribution is 1.15. The lowest BCUT2D eigenvalue weighted by Crippen LogP contribution is -2.00. The van der Waals surface area contributed by atoms with Gasteiger partial charge in [-0.1, -0.05) is 53.5 Å². The Bertz CT molecular complexity index is 509. The zero-order valence-electron chi connectivity index (χ0n) is 9.50. The van der Waals surface area contributed by atoms with Crippen LogP contribution in [0, 0.1) is 6.92 Å². The molecule has 2 aromatic rings. The summed E-state index contributed by atoms with van der Waals surface area (Å²) in [7, 11) is 0. The van der Waals surface area contributed by atoms with Crippen molar-refractivity contribution in [3.8, 4) is 0 Å². The third kappa shape index (κ3) is 3.15. The summed E-state index contributed by atoms with van der Waals surface area (Å²) < 4.78 is 0. The van der Waals surface area contributed by atoms with Crippen LogP contribution in [0.4, 0.5) is 5.69 Å². The monoisotopic (exact) mass is 265 g/mol.